The molecule has 0 atom stereocenters. The van der Waals surface area contributed by atoms with Crippen molar-refractivity contribution in [3.8, 4) is 0 Å². The van der Waals surface area contributed by atoms with Crippen LogP contribution in [0.5, 0.6) is 0 Å². The fourth-order valence-corrected chi connectivity index (χ4v) is 5.83. The predicted molar refractivity (Wildman–Crippen MR) is 156 cm³/mol. The van der Waals surface area contributed by atoms with Crippen molar-refractivity contribution < 1.29 is 44.7 Å². The van der Waals surface area contributed by atoms with Crippen LogP contribution in [0.3, 0.4) is 0 Å². The fraction of sp³-hybridized carbons (Fsp3) is 0.161. The van der Waals surface area contributed by atoms with Gasteiger partial charge in [0.05, 0.1) is 28.4 Å². The molecule has 4 rings (SSSR count). The molecular weight excluding hydrogens is 643 g/mol. The maximum atomic E-state index is 15.1. The molecule has 0 aliphatic heterocycles. The van der Waals surface area contributed by atoms with E-state index in [2.05, 4.69) is 5.32 Å². The summed E-state index contributed by atoms with van der Waals surface area (Å²) in [5, 5.41) is 1.98. The van der Waals surface area contributed by atoms with Gasteiger partial charge in [-0.1, -0.05) is 35.9 Å². The molecule has 7 nitrogen and oxygen atoms in total. The zero-order valence-corrected chi connectivity index (χ0v) is 24.9. The van der Waals surface area contributed by atoms with Crippen LogP contribution in [0.4, 0.5) is 27.6 Å². The SMILES string of the molecule is CCOC(=O)c1ccc(CN(Cc2ccc(F)cc2)S(=O)(=O)c2cc(C(=O)Nc3cc(C(F)(F)F)ccc3Cl)ccc2F)cc1. The first-order valence-corrected chi connectivity index (χ1v) is 15.0. The normalized spacial score (nSPS) is 11.8. The number of halogens is 6. The fourth-order valence-electron chi connectivity index (χ4n) is 4.16. The lowest BCUT2D eigenvalue weighted by Crippen LogP contribution is -2.31. The molecule has 0 spiro atoms. The maximum Gasteiger partial charge on any atom is 0.416 e. The van der Waals surface area contributed by atoms with Crippen LogP contribution in [0.25, 0.3) is 0 Å². The maximum absolute atomic E-state index is 15.1. The summed E-state index contributed by atoms with van der Waals surface area (Å²) < 4.78 is 102. The van der Waals surface area contributed by atoms with Gasteiger partial charge in [-0.3, -0.25) is 4.79 Å². The van der Waals surface area contributed by atoms with Crippen molar-refractivity contribution in [1.29, 1.82) is 0 Å². The lowest BCUT2D eigenvalue weighted by atomic mass is 10.1. The van der Waals surface area contributed by atoms with Crippen LogP contribution in [0.15, 0.2) is 89.8 Å². The molecule has 4 aromatic rings. The Hall–Kier alpha value is -4.33. The Bertz CT molecular complexity index is 1820. The van der Waals surface area contributed by atoms with Crippen LogP contribution in [-0.2, 0) is 34.0 Å². The van der Waals surface area contributed by atoms with Crippen LogP contribution in [0.2, 0.25) is 5.02 Å². The van der Waals surface area contributed by atoms with Gasteiger partial charge in [0.2, 0.25) is 10.0 Å². The zero-order valence-electron chi connectivity index (χ0n) is 23.4. The lowest BCUT2D eigenvalue weighted by molar-refractivity contribution is -0.137. The van der Waals surface area contributed by atoms with Crippen molar-refractivity contribution in [3.05, 3.63) is 129 Å². The third-order valence-corrected chi connectivity index (χ3v) is 8.59. The summed E-state index contributed by atoms with van der Waals surface area (Å²) in [5.41, 5.74) is -0.882. The summed E-state index contributed by atoms with van der Waals surface area (Å²) in [7, 11) is -4.72. The number of hydrogen-bond acceptors (Lipinski definition) is 5. The van der Waals surface area contributed by atoms with Crippen LogP contribution in [0.1, 0.15) is 44.3 Å². The number of hydrogen-bond donors (Lipinski definition) is 1. The first kappa shape index (κ1) is 33.6. The molecule has 0 bridgehead atoms. The van der Waals surface area contributed by atoms with Crippen LogP contribution >= 0.6 is 11.6 Å². The second-order valence-electron chi connectivity index (χ2n) is 9.61. The highest BCUT2D eigenvalue weighted by Crippen LogP contribution is 2.34. The summed E-state index contributed by atoms with van der Waals surface area (Å²) in [6.07, 6.45) is -4.73. The summed E-state index contributed by atoms with van der Waals surface area (Å²) in [6.45, 7) is 1.14. The van der Waals surface area contributed by atoms with Gasteiger partial charge in [-0.2, -0.15) is 17.5 Å². The highest BCUT2D eigenvalue weighted by molar-refractivity contribution is 7.89. The molecule has 1 N–H and O–H groups in total. The van der Waals surface area contributed by atoms with Crippen LogP contribution < -0.4 is 5.32 Å². The van der Waals surface area contributed by atoms with E-state index in [0.717, 1.165) is 46.8 Å². The van der Waals surface area contributed by atoms with Gasteiger partial charge in [0, 0.05) is 18.7 Å². The molecule has 0 fully saturated rings. The molecular formula is C31H24ClF5N2O5S. The largest absolute Gasteiger partial charge is 0.462 e. The van der Waals surface area contributed by atoms with E-state index in [0.29, 0.717) is 17.2 Å². The van der Waals surface area contributed by atoms with Crippen molar-refractivity contribution in [3.63, 3.8) is 0 Å². The second-order valence-corrected chi connectivity index (χ2v) is 11.9. The number of rotatable bonds is 10. The quantitative estimate of drug-likeness (QED) is 0.140. The molecule has 0 aliphatic carbocycles. The number of amides is 1. The van der Waals surface area contributed by atoms with Crippen LogP contribution in [-0.4, -0.2) is 31.2 Å². The number of anilines is 1. The minimum absolute atomic E-state index is 0.153. The summed E-state index contributed by atoms with van der Waals surface area (Å²) in [5.74, 6) is -3.39. The van der Waals surface area contributed by atoms with E-state index in [1.165, 1.54) is 36.4 Å². The Balaban J connectivity index is 1.68. The van der Waals surface area contributed by atoms with Gasteiger partial charge in [0.1, 0.15) is 16.5 Å². The molecule has 0 unspecified atom stereocenters. The third-order valence-electron chi connectivity index (χ3n) is 6.45. The van der Waals surface area contributed by atoms with Crippen molar-refractivity contribution in [1.82, 2.24) is 4.31 Å². The molecule has 0 saturated heterocycles. The molecule has 45 heavy (non-hydrogen) atoms. The van der Waals surface area contributed by atoms with E-state index in [-0.39, 0.29) is 35.8 Å². The molecule has 14 heteroatoms. The molecule has 4 aromatic carbocycles. The first-order valence-electron chi connectivity index (χ1n) is 13.2. The third kappa shape index (κ3) is 8.24. The summed E-state index contributed by atoms with van der Waals surface area (Å²) in [6, 6.07) is 15.5. The summed E-state index contributed by atoms with van der Waals surface area (Å²) >= 11 is 5.96. The number of nitrogens with zero attached hydrogens (tertiary/aromatic N) is 1. The van der Waals surface area contributed by atoms with E-state index < -0.39 is 55.9 Å². The molecule has 1 amide bonds. The van der Waals surface area contributed by atoms with E-state index in [1.54, 1.807) is 6.92 Å². The number of ether oxygens (including phenoxy) is 1. The van der Waals surface area contributed by atoms with E-state index in [9.17, 15) is 35.6 Å². The van der Waals surface area contributed by atoms with Gasteiger partial charge in [-0.15, -0.1) is 0 Å². The Morgan fingerprint density at radius 2 is 1.42 bits per heavy atom. The van der Waals surface area contributed by atoms with Crippen molar-refractivity contribution in [2.45, 2.75) is 31.1 Å². The molecule has 0 aliphatic rings. The molecule has 236 valence electrons. The second kappa shape index (κ2) is 13.8. The number of esters is 1. The molecule has 0 aromatic heterocycles. The minimum Gasteiger partial charge on any atom is -0.462 e. The monoisotopic (exact) mass is 666 g/mol. The average Bonchev–Trinajstić information content (AvgIpc) is 2.99. The number of nitrogens with one attached hydrogen (secondary N) is 1. The molecule has 0 saturated carbocycles. The Labute approximate surface area is 260 Å². The predicted octanol–water partition coefficient (Wildman–Crippen LogP) is 7.46. The number of benzene rings is 4. The highest BCUT2D eigenvalue weighted by Gasteiger charge is 2.32. The van der Waals surface area contributed by atoms with Gasteiger partial charge in [-0.25, -0.2) is 22.0 Å². The first-order chi connectivity index (χ1) is 21.2. The zero-order chi connectivity index (χ0) is 32.9. The van der Waals surface area contributed by atoms with Gasteiger partial charge in [0.15, 0.2) is 0 Å². The number of carbonyl (C=O) groups excluding carboxylic acids is 2. The Kier molecular flexibility index (Phi) is 10.3. The molecule has 0 heterocycles. The standard InChI is InChI=1S/C31H24ClF5N2O5S/c1-2-44-30(41)21-7-3-19(4-8-21)17-39(18-20-5-11-24(33)12-6-20)45(42,43)28-15-22(9-14-26(28)34)29(40)38-27-16-23(31(35,36)37)10-13-25(27)32/h3-16H,2,17-18H2,1H3,(H,38,40). The highest BCUT2D eigenvalue weighted by atomic mass is 35.5. The van der Waals surface area contributed by atoms with Crippen LogP contribution in [0, 0.1) is 11.6 Å². The lowest BCUT2D eigenvalue weighted by Gasteiger charge is -2.23. The minimum atomic E-state index is -4.73. The Morgan fingerprint density at radius 3 is 2.00 bits per heavy atom. The van der Waals surface area contributed by atoms with Gasteiger partial charge in [0.25, 0.3) is 5.91 Å². The van der Waals surface area contributed by atoms with E-state index in [4.69, 9.17) is 16.3 Å². The number of sulfonamides is 1. The van der Waals surface area contributed by atoms with Gasteiger partial charge in [-0.05, 0) is 78.7 Å². The average molecular weight is 667 g/mol. The summed E-state index contributed by atoms with van der Waals surface area (Å²) in [4.78, 5) is 24.1. The number of carbonyl (C=O) groups is 2. The van der Waals surface area contributed by atoms with E-state index >= 15 is 4.39 Å². The van der Waals surface area contributed by atoms with Gasteiger partial charge < -0.3 is 10.1 Å². The van der Waals surface area contributed by atoms with Crippen molar-refractivity contribution in [2.24, 2.45) is 0 Å². The number of alkyl halides is 3. The van der Waals surface area contributed by atoms with Crippen molar-refractivity contribution >= 4 is 39.2 Å². The van der Waals surface area contributed by atoms with Gasteiger partial charge >= 0.3 is 12.1 Å². The Morgan fingerprint density at radius 1 is 0.844 bits per heavy atom. The molecule has 0 radical (unpaired) electrons. The van der Waals surface area contributed by atoms with Crippen molar-refractivity contribution in [2.75, 3.05) is 11.9 Å². The van der Waals surface area contributed by atoms with E-state index in [1.807, 2.05) is 0 Å². The topological polar surface area (TPSA) is 92.8 Å². The smallest absolute Gasteiger partial charge is 0.416 e.